The third-order valence-corrected chi connectivity index (χ3v) is 8.60. The Morgan fingerprint density at radius 1 is 0.500 bits per heavy atom. The van der Waals surface area contributed by atoms with Gasteiger partial charge in [-0.15, -0.1) is 0 Å². The first kappa shape index (κ1) is 44.9. The van der Waals surface area contributed by atoms with Crippen LogP contribution in [0, 0.1) is 0 Å². The van der Waals surface area contributed by atoms with Gasteiger partial charge in [-0.25, -0.2) is 0 Å². The zero-order chi connectivity index (χ0) is 34.4. The van der Waals surface area contributed by atoms with Crippen molar-refractivity contribution in [3.63, 3.8) is 0 Å². The molecule has 0 N–H and O–H groups in total. The molecule has 46 heavy (non-hydrogen) atoms. The van der Waals surface area contributed by atoms with Crippen molar-refractivity contribution in [2.75, 3.05) is 19.8 Å². The van der Waals surface area contributed by atoms with Crippen molar-refractivity contribution in [3.05, 3.63) is 0 Å². The lowest BCUT2D eigenvalue weighted by molar-refractivity contribution is -0.168. The normalized spacial score (nSPS) is 12.8. The quantitative estimate of drug-likeness (QED) is 0.0518. The number of esters is 2. The average Bonchev–Trinajstić information content (AvgIpc) is 2.99. The van der Waals surface area contributed by atoms with Gasteiger partial charge in [0.05, 0.1) is 17.8 Å². The molecule has 0 aromatic rings. The minimum absolute atomic E-state index is 0.0371. The fourth-order valence-electron chi connectivity index (χ4n) is 5.48. The van der Waals surface area contributed by atoms with Crippen LogP contribution in [-0.2, 0) is 28.5 Å². The molecule has 0 bridgehead atoms. The fraction of sp³-hybridized carbons (Fsp3) is 0.950. The zero-order valence-electron chi connectivity index (χ0n) is 31.8. The molecule has 6 heteroatoms. The third-order valence-electron chi connectivity index (χ3n) is 8.60. The highest BCUT2D eigenvalue weighted by molar-refractivity contribution is 5.70. The van der Waals surface area contributed by atoms with Gasteiger partial charge in [-0.05, 0) is 53.9 Å². The molecule has 6 nitrogen and oxygen atoms in total. The average molecular weight is 655 g/mol. The van der Waals surface area contributed by atoms with E-state index in [2.05, 4.69) is 13.8 Å². The fourth-order valence-corrected chi connectivity index (χ4v) is 5.48. The maximum atomic E-state index is 12.7. The van der Waals surface area contributed by atoms with Crippen LogP contribution in [0.15, 0.2) is 0 Å². The maximum Gasteiger partial charge on any atom is 0.306 e. The number of carbonyl (C=O) groups is 2. The van der Waals surface area contributed by atoms with Crippen molar-refractivity contribution >= 4 is 11.9 Å². The molecule has 0 heterocycles. The summed E-state index contributed by atoms with van der Waals surface area (Å²) >= 11 is 0. The number of rotatable bonds is 33. The van der Waals surface area contributed by atoms with Crippen molar-refractivity contribution in [3.8, 4) is 0 Å². The van der Waals surface area contributed by atoms with Gasteiger partial charge in [-0.1, -0.05) is 142 Å². The van der Waals surface area contributed by atoms with E-state index in [-0.39, 0.29) is 30.8 Å². The number of carbonyl (C=O) groups excluding carboxylic acids is 2. The molecule has 0 saturated carbocycles. The van der Waals surface area contributed by atoms with Crippen LogP contribution in [-0.4, -0.2) is 49.1 Å². The van der Waals surface area contributed by atoms with E-state index < -0.39 is 11.7 Å². The zero-order valence-corrected chi connectivity index (χ0v) is 31.8. The molecule has 0 rings (SSSR count). The van der Waals surface area contributed by atoms with E-state index in [0.717, 1.165) is 32.1 Å². The van der Waals surface area contributed by atoms with Crippen molar-refractivity contribution < 1.29 is 28.5 Å². The van der Waals surface area contributed by atoms with Gasteiger partial charge in [0, 0.05) is 19.4 Å². The largest absolute Gasteiger partial charge is 0.462 e. The summed E-state index contributed by atoms with van der Waals surface area (Å²) in [5, 5.41) is 0. The summed E-state index contributed by atoms with van der Waals surface area (Å²) in [6.07, 6.45) is 28.2. The summed E-state index contributed by atoms with van der Waals surface area (Å²) in [4.78, 5) is 25.2. The van der Waals surface area contributed by atoms with Crippen molar-refractivity contribution in [1.82, 2.24) is 0 Å². The number of hydrogen-bond acceptors (Lipinski definition) is 6. The molecular formula is C40H78O6. The van der Waals surface area contributed by atoms with Crippen LogP contribution in [0.5, 0.6) is 0 Å². The first-order chi connectivity index (χ1) is 22.0. The van der Waals surface area contributed by atoms with Crippen LogP contribution in [0.2, 0.25) is 0 Å². The van der Waals surface area contributed by atoms with E-state index in [9.17, 15) is 9.59 Å². The smallest absolute Gasteiger partial charge is 0.306 e. The minimum atomic E-state index is -0.607. The number of ether oxygens (including phenoxy) is 4. The lowest BCUT2D eigenvalue weighted by Crippen LogP contribution is -2.36. The van der Waals surface area contributed by atoms with Crippen molar-refractivity contribution in [2.24, 2.45) is 0 Å². The second-order valence-electron chi connectivity index (χ2n) is 15.1. The Bertz CT molecular complexity index is 698. The molecule has 0 spiro atoms. The van der Waals surface area contributed by atoms with E-state index in [0.29, 0.717) is 25.9 Å². The number of hydrogen-bond donors (Lipinski definition) is 0. The van der Waals surface area contributed by atoms with Crippen LogP contribution in [0.25, 0.3) is 0 Å². The van der Waals surface area contributed by atoms with E-state index >= 15 is 0 Å². The Morgan fingerprint density at radius 3 is 1.30 bits per heavy atom. The highest BCUT2D eigenvalue weighted by atomic mass is 16.6. The van der Waals surface area contributed by atoms with Crippen LogP contribution in [0.4, 0.5) is 0 Å². The Hall–Kier alpha value is -1.14. The Balaban J connectivity index is 4.43. The predicted octanol–water partition coefficient (Wildman–Crippen LogP) is 11.8. The number of unbranched alkanes of at least 4 members (excludes halogenated alkanes) is 20. The first-order valence-corrected chi connectivity index (χ1v) is 19.6. The Morgan fingerprint density at radius 2 is 0.891 bits per heavy atom. The SMILES string of the molecule is CCCCCCCCCCCCCC(=O)OCC(COC(C)(C)CCOC(C)(C)C)OC(=O)CCCCCCCCCCCCC. The molecule has 0 aliphatic carbocycles. The van der Waals surface area contributed by atoms with Gasteiger partial charge >= 0.3 is 11.9 Å². The lowest BCUT2D eigenvalue weighted by Gasteiger charge is -2.29. The topological polar surface area (TPSA) is 71.1 Å². The molecule has 0 aromatic heterocycles. The van der Waals surface area contributed by atoms with E-state index in [1.165, 1.54) is 109 Å². The maximum absolute atomic E-state index is 12.7. The molecule has 0 aromatic carbocycles. The summed E-state index contributed by atoms with van der Waals surface area (Å²) in [7, 11) is 0. The summed E-state index contributed by atoms with van der Waals surface area (Å²) in [5.41, 5.74) is -0.657. The van der Waals surface area contributed by atoms with E-state index in [1.807, 2.05) is 34.6 Å². The highest BCUT2D eigenvalue weighted by Gasteiger charge is 2.25. The summed E-state index contributed by atoms with van der Waals surface area (Å²) in [6, 6.07) is 0. The molecule has 0 aliphatic rings. The van der Waals surface area contributed by atoms with Crippen LogP contribution in [0.3, 0.4) is 0 Å². The van der Waals surface area contributed by atoms with Gasteiger partial charge in [0.15, 0.2) is 6.10 Å². The third kappa shape index (κ3) is 32.8. The highest BCUT2D eigenvalue weighted by Crippen LogP contribution is 2.19. The monoisotopic (exact) mass is 655 g/mol. The van der Waals surface area contributed by atoms with E-state index in [1.54, 1.807) is 0 Å². The summed E-state index contributed by atoms with van der Waals surface area (Å²) in [6.45, 7) is 15.5. The van der Waals surface area contributed by atoms with Gasteiger partial charge in [-0.3, -0.25) is 9.59 Å². The van der Waals surface area contributed by atoms with Gasteiger partial charge in [-0.2, -0.15) is 0 Å². The lowest BCUT2D eigenvalue weighted by atomic mass is 10.1. The summed E-state index contributed by atoms with van der Waals surface area (Å²) < 4.78 is 23.4. The predicted molar refractivity (Wildman–Crippen MR) is 193 cm³/mol. The van der Waals surface area contributed by atoms with Crippen LogP contribution >= 0.6 is 0 Å². The minimum Gasteiger partial charge on any atom is -0.462 e. The molecule has 274 valence electrons. The van der Waals surface area contributed by atoms with Gasteiger partial charge in [0.1, 0.15) is 6.61 Å². The molecule has 0 radical (unpaired) electrons. The van der Waals surface area contributed by atoms with Crippen LogP contribution in [0.1, 0.15) is 209 Å². The standard InChI is InChI=1S/C40H78O6/c1-8-10-12-14-16-18-20-22-24-26-28-30-37(41)43-34-36(35-45-40(6,7)32-33-44-39(3,4)5)46-38(42)31-29-27-25-23-21-19-17-15-13-11-9-2/h36H,8-35H2,1-7H3. The van der Waals surface area contributed by atoms with E-state index in [4.69, 9.17) is 18.9 Å². The van der Waals surface area contributed by atoms with Gasteiger partial charge in [0.25, 0.3) is 0 Å². The molecular weight excluding hydrogens is 576 g/mol. The Labute approximate surface area is 286 Å². The summed E-state index contributed by atoms with van der Waals surface area (Å²) in [5.74, 6) is -0.458. The molecule has 0 saturated heterocycles. The molecule has 0 fully saturated rings. The second kappa shape index (κ2) is 30.0. The Kier molecular flexibility index (Phi) is 29.2. The van der Waals surface area contributed by atoms with Crippen molar-refractivity contribution in [2.45, 2.75) is 226 Å². The molecule has 1 atom stereocenters. The molecule has 0 aliphatic heterocycles. The van der Waals surface area contributed by atoms with Gasteiger partial charge < -0.3 is 18.9 Å². The molecule has 0 amide bonds. The molecule has 1 unspecified atom stereocenters. The van der Waals surface area contributed by atoms with Crippen molar-refractivity contribution in [1.29, 1.82) is 0 Å². The second-order valence-corrected chi connectivity index (χ2v) is 15.1. The first-order valence-electron chi connectivity index (χ1n) is 19.6. The van der Waals surface area contributed by atoms with Crippen LogP contribution < -0.4 is 0 Å². The van der Waals surface area contributed by atoms with Gasteiger partial charge in [0.2, 0.25) is 0 Å².